The lowest BCUT2D eigenvalue weighted by Gasteiger charge is -2.16. The number of nitrogens with one attached hydrogen (secondary N) is 1. The minimum Gasteiger partial charge on any atom is -0.352 e. The van der Waals surface area contributed by atoms with E-state index < -0.39 is 0 Å². The van der Waals surface area contributed by atoms with Crippen molar-refractivity contribution in [3.63, 3.8) is 0 Å². The van der Waals surface area contributed by atoms with Crippen molar-refractivity contribution in [2.45, 2.75) is 33.4 Å². The third kappa shape index (κ3) is 4.00. The molecule has 0 unspecified atom stereocenters. The number of carbonyl (C=O) groups excluding carboxylic acids is 1. The maximum Gasteiger partial charge on any atom is 0.251 e. The summed E-state index contributed by atoms with van der Waals surface area (Å²) >= 11 is 0. The molecule has 3 rings (SSSR count). The molecule has 1 amide bonds. The van der Waals surface area contributed by atoms with Crippen LogP contribution < -0.4 is 5.32 Å². The van der Waals surface area contributed by atoms with Gasteiger partial charge < -0.3 is 5.32 Å². The predicted octanol–water partition coefficient (Wildman–Crippen LogP) is 1.86. The summed E-state index contributed by atoms with van der Waals surface area (Å²) in [5, 5.41) is 7.29. The quantitative estimate of drug-likeness (QED) is 0.880. The predicted molar refractivity (Wildman–Crippen MR) is 92.6 cm³/mol. The molecule has 1 saturated heterocycles. The van der Waals surface area contributed by atoms with Gasteiger partial charge in [-0.3, -0.25) is 9.69 Å². The Kier molecular flexibility index (Phi) is 5.25. The van der Waals surface area contributed by atoms with Crippen molar-refractivity contribution < 1.29 is 4.79 Å². The van der Waals surface area contributed by atoms with E-state index in [1.807, 2.05) is 35.9 Å². The summed E-state index contributed by atoms with van der Waals surface area (Å²) < 4.78 is 1.94. The Labute approximate surface area is 142 Å². The number of rotatable bonds is 6. The molecule has 2 aromatic rings. The smallest absolute Gasteiger partial charge is 0.251 e. The van der Waals surface area contributed by atoms with Gasteiger partial charge >= 0.3 is 0 Å². The molecule has 1 aromatic heterocycles. The second-order valence-electron chi connectivity index (χ2n) is 6.46. The minimum atomic E-state index is 0.0166. The molecule has 0 aliphatic carbocycles. The minimum absolute atomic E-state index is 0.0166. The number of aryl methyl sites for hydroxylation is 2. The summed E-state index contributed by atoms with van der Waals surface area (Å²) in [5.41, 5.74) is 1.84. The van der Waals surface area contributed by atoms with Crippen LogP contribution in [0.4, 0.5) is 0 Å². The number of amides is 1. The monoisotopic (exact) mass is 327 g/mol. The first-order valence-electron chi connectivity index (χ1n) is 8.59. The third-order valence-electron chi connectivity index (χ3n) is 4.56. The van der Waals surface area contributed by atoms with Crippen LogP contribution in [0.1, 0.15) is 35.1 Å². The molecule has 1 fully saturated rings. The van der Waals surface area contributed by atoms with Gasteiger partial charge in [-0.2, -0.15) is 5.10 Å². The summed E-state index contributed by atoms with van der Waals surface area (Å²) in [5.74, 6) is 1.53. The highest BCUT2D eigenvalue weighted by Crippen LogP contribution is 2.17. The maximum atomic E-state index is 12.2. The van der Waals surface area contributed by atoms with Gasteiger partial charge in [-0.15, -0.1) is 0 Å². The number of hydrogen-bond acceptors (Lipinski definition) is 4. The lowest BCUT2D eigenvalue weighted by atomic mass is 10.1. The van der Waals surface area contributed by atoms with E-state index in [4.69, 9.17) is 0 Å². The first-order chi connectivity index (χ1) is 11.7. The molecule has 2 heterocycles. The van der Waals surface area contributed by atoms with Crippen LogP contribution in [0.5, 0.6) is 0 Å². The van der Waals surface area contributed by atoms with Crippen LogP contribution in [0.2, 0.25) is 0 Å². The highest BCUT2D eigenvalue weighted by atomic mass is 16.1. The first-order valence-corrected chi connectivity index (χ1v) is 8.59. The fourth-order valence-electron chi connectivity index (χ4n) is 3.22. The zero-order chi connectivity index (χ0) is 16.9. The van der Waals surface area contributed by atoms with Gasteiger partial charge in [-0.05, 0) is 44.9 Å². The number of benzene rings is 1. The number of hydrogen-bond donors (Lipinski definition) is 1. The average molecular weight is 327 g/mol. The highest BCUT2D eigenvalue weighted by molar-refractivity contribution is 5.94. The first kappa shape index (κ1) is 16.6. The standard InChI is InChI=1S/C18H25N5O/c1-3-23-17(20-13-21-23)12-22-8-7-15(11-22)10-19-18(24)16-6-4-5-14(2)9-16/h4-6,9,13,15H,3,7-8,10-12H2,1-2H3,(H,19,24)/t15-/m0/s1. The molecule has 6 nitrogen and oxygen atoms in total. The molecule has 1 atom stereocenters. The molecule has 24 heavy (non-hydrogen) atoms. The molecule has 1 aliphatic heterocycles. The van der Waals surface area contributed by atoms with E-state index in [2.05, 4.69) is 27.2 Å². The van der Waals surface area contributed by atoms with Crippen LogP contribution in [-0.4, -0.2) is 45.2 Å². The van der Waals surface area contributed by atoms with Crippen molar-refractivity contribution in [1.29, 1.82) is 0 Å². The molecule has 0 spiro atoms. The lowest BCUT2D eigenvalue weighted by Crippen LogP contribution is -2.31. The summed E-state index contributed by atoms with van der Waals surface area (Å²) in [6, 6.07) is 7.71. The van der Waals surface area contributed by atoms with Gasteiger partial charge in [0.05, 0.1) is 6.54 Å². The molecule has 1 aromatic carbocycles. The molecule has 0 bridgehead atoms. The van der Waals surface area contributed by atoms with E-state index in [0.29, 0.717) is 5.92 Å². The summed E-state index contributed by atoms with van der Waals surface area (Å²) in [6.07, 6.45) is 2.73. The summed E-state index contributed by atoms with van der Waals surface area (Å²) in [6.45, 7) is 8.51. The largest absolute Gasteiger partial charge is 0.352 e. The van der Waals surface area contributed by atoms with E-state index in [1.165, 1.54) is 0 Å². The Morgan fingerprint density at radius 3 is 3.08 bits per heavy atom. The van der Waals surface area contributed by atoms with Crippen molar-refractivity contribution in [3.05, 3.63) is 47.5 Å². The number of likely N-dealkylation sites (tertiary alicyclic amines) is 1. The number of carbonyl (C=O) groups is 1. The van der Waals surface area contributed by atoms with Crippen molar-refractivity contribution in [2.75, 3.05) is 19.6 Å². The van der Waals surface area contributed by atoms with Crippen molar-refractivity contribution >= 4 is 5.91 Å². The summed E-state index contributed by atoms with van der Waals surface area (Å²) in [7, 11) is 0. The Hall–Kier alpha value is -2.21. The fourth-order valence-corrected chi connectivity index (χ4v) is 3.22. The van der Waals surface area contributed by atoms with Gasteiger partial charge in [0.25, 0.3) is 5.91 Å². The van der Waals surface area contributed by atoms with E-state index in [-0.39, 0.29) is 5.91 Å². The summed E-state index contributed by atoms with van der Waals surface area (Å²) in [4.78, 5) is 19.0. The number of aromatic nitrogens is 3. The Morgan fingerprint density at radius 2 is 2.29 bits per heavy atom. The molecule has 1 N–H and O–H groups in total. The van der Waals surface area contributed by atoms with E-state index in [9.17, 15) is 4.79 Å². The van der Waals surface area contributed by atoms with Crippen LogP contribution in [0.25, 0.3) is 0 Å². The SMILES string of the molecule is CCn1ncnc1CN1CC[C@@H](CNC(=O)c2cccc(C)c2)C1. The van der Waals surface area contributed by atoms with Crippen LogP contribution >= 0.6 is 0 Å². The highest BCUT2D eigenvalue weighted by Gasteiger charge is 2.24. The Bertz CT molecular complexity index is 696. The van der Waals surface area contributed by atoms with Crippen LogP contribution in [0, 0.1) is 12.8 Å². The fraction of sp³-hybridized carbons (Fsp3) is 0.500. The van der Waals surface area contributed by atoms with Crippen LogP contribution in [0.15, 0.2) is 30.6 Å². The molecule has 6 heteroatoms. The zero-order valence-corrected chi connectivity index (χ0v) is 14.4. The maximum absolute atomic E-state index is 12.2. The normalized spacial score (nSPS) is 18.0. The molecule has 0 saturated carbocycles. The Balaban J connectivity index is 1.47. The topological polar surface area (TPSA) is 63.1 Å². The molecular weight excluding hydrogens is 302 g/mol. The van der Waals surface area contributed by atoms with E-state index >= 15 is 0 Å². The molecule has 0 radical (unpaired) electrons. The van der Waals surface area contributed by atoms with Gasteiger partial charge in [0.15, 0.2) is 0 Å². The zero-order valence-electron chi connectivity index (χ0n) is 14.4. The van der Waals surface area contributed by atoms with Gasteiger partial charge in [0, 0.05) is 25.2 Å². The van der Waals surface area contributed by atoms with Gasteiger partial charge in [0.2, 0.25) is 0 Å². The van der Waals surface area contributed by atoms with E-state index in [0.717, 1.165) is 56.1 Å². The lowest BCUT2D eigenvalue weighted by molar-refractivity contribution is 0.0947. The van der Waals surface area contributed by atoms with Gasteiger partial charge in [-0.25, -0.2) is 9.67 Å². The van der Waals surface area contributed by atoms with Gasteiger partial charge in [-0.1, -0.05) is 17.7 Å². The Morgan fingerprint density at radius 1 is 1.42 bits per heavy atom. The molecule has 1 aliphatic rings. The van der Waals surface area contributed by atoms with Crippen molar-refractivity contribution in [3.8, 4) is 0 Å². The van der Waals surface area contributed by atoms with Gasteiger partial charge in [0.1, 0.15) is 12.2 Å². The van der Waals surface area contributed by atoms with Crippen LogP contribution in [-0.2, 0) is 13.1 Å². The van der Waals surface area contributed by atoms with E-state index in [1.54, 1.807) is 6.33 Å². The average Bonchev–Trinajstić information content (AvgIpc) is 3.22. The number of nitrogens with zero attached hydrogens (tertiary/aromatic N) is 4. The van der Waals surface area contributed by atoms with Crippen molar-refractivity contribution in [2.24, 2.45) is 5.92 Å². The van der Waals surface area contributed by atoms with Crippen LogP contribution in [0.3, 0.4) is 0 Å². The third-order valence-corrected chi connectivity index (χ3v) is 4.56. The molecule has 128 valence electrons. The molecular formula is C18H25N5O. The van der Waals surface area contributed by atoms with Crippen molar-refractivity contribution in [1.82, 2.24) is 25.0 Å². The second-order valence-corrected chi connectivity index (χ2v) is 6.46. The second kappa shape index (κ2) is 7.57.